The van der Waals surface area contributed by atoms with Crippen molar-refractivity contribution in [1.29, 1.82) is 0 Å². The van der Waals surface area contributed by atoms with E-state index in [1.807, 2.05) is 0 Å². The van der Waals surface area contributed by atoms with Crippen LogP contribution in [0.25, 0.3) is 11.6 Å². The van der Waals surface area contributed by atoms with Crippen LogP contribution >= 0.6 is 0 Å². The molecule has 1 aliphatic carbocycles. The molecule has 0 saturated carbocycles. The zero-order chi connectivity index (χ0) is 12.4. The number of fused-ring (bicyclic) bond motifs is 1. The molecule has 0 saturated heterocycles. The summed E-state index contributed by atoms with van der Waals surface area (Å²) in [5, 5.41) is 0. The van der Waals surface area contributed by atoms with Crippen molar-refractivity contribution >= 4 is 11.6 Å². The largest absolute Gasteiger partial charge is 0.384 e. The molecule has 2 aromatic rings. The van der Waals surface area contributed by atoms with Gasteiger partial charge in [0.2, 0.25) is 0 Å². The Morgan fingerprint density at radius 2 is 1.67 bits per heavy atom. The predicted octanol–water partition coefficient (Wildman–Crippen LogP) is 3.97. The summed E-state index contributed by atoms with van der Waals surface area (Å²) in [7, 11) is 1.77. The lowest BCUT2D eigenvalue weighted by Gasteiger charge is -2.16. The number of methoxy groups -OCH3 is 1. The van der Waals surface area contributed by atoms with Crippen molar-refractivity contribution in [3.63, 3.8) is 0 Å². The Balaban J connectivity index is 2.06. The summed E-state index contributed by atoms with van der Waals surface area (Å²) in [6.07, 6.45) is 2.29. The van der Waals surface area contributed by atoms with Crippen molar-refractivity contribution in [2.75, 3.05) is 13.7 Å². The van der Waals surface area contributed by atoms with Crippen LogP contribution in [0.15, 0.2) is 54.6 Å². The number of rotatable bonds is 3. The molecule has 3 rings (SSSR count). The van der Waals surface area contributed by atoms with Crippen LogP contribution in [0, 0.1) is 0 Å². The second-order valence-electron chi connectivity index (χ2n) is 4.60. The minimum Gasteiger partial charge on any atom is -0.384 e. The van der Waals surface area contributed by atoms with Gasteiger partial charge in [0.25, 0.3) is 0 Å². The molecule has 2 aromatic carbocycles. The Bertz CT molecular complexity index is 569. The highest BCUT2D eigenvalue weighted by Crippen LogP contribution is 2.41. The van der Waals surface area contributed by atoms with E-state index in [0.717, 1.165) is 6.61 Å². The van der Waals surface area contributed by atoms with Gasteiger partial charge in [0.05, 0.1) is 6.61 Å². The molecule has 1 heteroatoms. The number of hydrogen-bond acceptors (Lipinski definition) is 1. The molecule has 0 aliphatic heterocycles. The number of ether oxygens (including phenoxy) is 1. The van der Waals surface area contributed by atoms with E-state index in [-0.39, 0.29) is 0 Å². The fourth-order valence-corrected chi connectivity index (χ4v) is 2.66. The molecular formula is C17H16O. The van der Waals surface area contributed by atoms with E-state index in [1.165, 1.54) is 22.3 Å². The first-order chi connectivity index (χ1) is 8.90. The molecule has 0 spiro atoms. The van der Waals surface area contributed by atoms with Gasteiger partial charge in [-0.25, -0.2) is 0 Å². The molecular weight excluding hydrogens is 220 g/mol. The summed E-state index contributed by atoms with van der Waals surface area (Å²) in [6, 6.07) is 19.1. The van der Waals surface area contributed by atoms with Gasteiger partial charge in [-0.15, -0.1) is 0 Å². The average molecular weight is 236 g/mol. The third-order valence-corrected chi connectivity index (χ3v) is 3.50. The van der Waals surface area contributed by atoms with Crippen molar-refractivity contribution in [3.8, 4) is 0 Å². The Labute approximate surface area is 108 Å². The van der Waals surface area contributed by atoms with Crippen molar-refractivity contribution in [2.45, 2.75) is 5.92 Å². The molecule has 1 aliphatic rings. The summed E-state index contributed by atoms with van der Waals surface area (Å²) in [5.41, 5.74) is 5.34. The lowest BCUT2D eigenvalue weighted by molar-refractivity contribution is 0.194. The van der Waals surface area contributed by atoms with E-state index < -0.39 is 0 Å². The minimum atomic E-state index is 0.355. The maximum atomic E-state index is 5.39. The van der Waals surface area contributed by atoms with E-state index in [2.05, 4.69) is 60.7 Å². The molecule has 0 N–H and O–H groups in total. The van der Waals surface area contributed by atoms with Gasteiger partial charge in [-0.05, 0) is 22.3 Å². The normalized spacial score (nSPS) is 17.4. The average Bonchev–Trinajstić information content (AvgIpc) is 2.80. The Morgan fingerprint density at radius 3 is 2.44 bits per heavy atom. The maximum Gasteiger partial charge on any atom is 0.0572 e. The fraction of sp³-hybridized carbons (Fsp3) is 0.176. The topological polar surface area (TPSA) is 9.23 Å². The van der Waals surface area contributed by atoms with Crippen LogP contribution in [0.5, 0.6) is 0 Å². The van der Waals surface area contributed by atoms with Crippen molar-refractivity contribution < 1.29 is 4.74 Å². The molecule has 1 nitrogen and oxygen atoms in total. The summed E-state index contributed by atoms with van der Waals surface area (Å²) >= 11 is 0. The van der Waals surface area contributed by atoms with Gasteiger partial charge >= 0.3 is 0 Å². The highest BCUT2D eigenvalue weighted by molar-refractivity contribution is 5.91. The highest BCUT2D eigenvalue weighted by Gasteiger charge is 2.25. The second kappa shape index (κ2) is 4.79. The smallest absolute Gasteiger partial charge is 0.0572 e. The summed E-state index contributed by atoms with van der Waals surface area (Å²) in [5.74, 6) is 0.355. The van der Waals surface area contributed by atoms with E-state index in [0.29, 0.717) is 5.92 Å². The van der Waals surface area contributed by atoms with E-state index in [1.54, 1.807) is 7.11 Å². The van der Waals surface area contributed by atoms with Crippen LogP contribution in [0.4, 0.5) is 0 Å². The zero-order valence-electron chi connectivity index (χ0n) is 10.5. The Morgan fingerprint density at radius 1 is 0.944 bits per heavy atom. The summed E-state index contributed by atoms with van der Waals surface area (Å²) in [4.78, 5) is 0. The molecule has 0 amide bonds. The lowest BCUT2D eigenvalue weighted by Crippen LogP contribution is -2.05. The van der Waals surface area contributed by atoms with Crippen LogP contribution in [-0.2, 0) is 4.74 Å². The van der Waals surface area contributed by atoms with Gasteiger partial charge in [-0.3, -0.25) is 0 Å². The zero-order valence-corrected chi connectivity index (χ0v) is 10.5. The molecule has 0 radical (unpaired) electrons. The van der Waals surface area contributed by atoms with Gasteiger partial charge in [-0.2, -0.15) is 0 Å². The quantitative estimate of drug-likeness (QED) is 0.783. The summed E-state index contributed by atoms with van der Waals surface area (Å²) in [6.45, 7) is 0.734. The highest BCUT2D eigenvalue weighted by atomic mass is 16.5. The van der Waals surface area contributed by atoms with E-state index in [4.69, 9.17) is 4.74 Å². The minimum absolute atomic E-state index is 0.355. The van der Waals surface area contributed by atoms with Gasteiger partial charge < -0.3 is 4.74 Å². The molecule has 0 heterocycles. The van der Waals surface area contributed by atoms with Crippen LogP contribution in [0.2, 0.25) is 0 Å². The van der Waals surface area contributed by atoms with E-state index >= 15 is 0 Å². The first-order valence-electron chi connectivity index (χ1n) is 6.25. The fourth-order valence-electron chi connectivity index (χ4n) is 2.66. The molecule has 90 valence electrons. The standard InChI is InChI=1S/C17H16O/c1-18-12-17-15-10-6-5-9-14(15)11-16(17)13-7-3-2-4-8-13/h2-11,17H,12H2,1H3. The van der Waals surface area contributed by atoms with Gasteiger partial charge in [0, 0.05) is 13.0 Å². The lowest BCUT2D eigenvalue weighted by atomic mass is 9.92. The third kappa shape index (κ3) is 1.87. The second-order valence-corrected chi connectivity index (χ2v) is 4.60. The number of benzene rings is 2. The van der Waals surface area contributed by atoms with Crippen LogP contribution in [0.3, 0.4) is 0 Å². The Hall–Kier alpha value is -1.86. The third-order valence-electron chi connectivity index (χ3n) is 3.50. The molecule has 0 fully saturated rings. The summed E-state index contributed by atoms with van der Waals surface area (Å²) < 4.78 is 5.39. The Kier molecular flexibility index (Phi) is 2.99. The molecule has 0 bridgehead atoms. The molecule has 1 unspecified atom stereocenters. The monoisotopic (exact) mass is 236 g/mol. The maximum absolute atomic E-state index is 5.39. The predicted molar refractivity (Wildman–Crippen MR) is 75.4 cm³/mol. The van der Waals surface area contributed by atoms with Gasteiger partial charge in [-0.1, -0.05) is 60.7 Å². The molecule has 1 atom stereocenters. The van der Waals surface area contributed by atoms with Gasteiger partial charge in [0.15, 0.2) is 0 Å². The van der Waals surface area contributed by atoms with Gasteiger partial charge in [0.1, 0.15) is 0 Å². The van der Waals surface area contributed by atoms with Crippen molar-refractivity contribution in [2.24, 2.45) is 0 Å². The van der Waals surface area contributed by atoms with E-state index in [9.17, 15) is 0 Å². The van der Waals surface area contributed by atoms with Crippen molar-refractivity contribution in [3.05, 3.63) is 71.3 Å². The van der Waals surface area contributed by atoms with Crippen molar-refractivity contribution in [1.82, 2.24) is 0 Å². The molecule has 0 aromatic heterocycles. The van der Waals surface area contributed by atoms with Crippen LogP contribution < -0.4 is 0 Å². The SMILES string of the molecule is COCC1C(c2ccccc2)=Cc2ccccc21. The molecule has 18 heavy (non-hydrogen) atoms. The van der Waals surface area contributed by atoms with Crippen LogP contribution in [-0.4, -0.2) is 13.7 Å². The first kappa shape index (κ1) is 11.2. The first-order valence-corrected chi connectivity index (χ1v) is 6.25. The number of hydrogen-bond donors (Lipinski definition) is 0. The van der Waals surface area contributed by atoms with Crippen LogP contribution in [0.1, 0.15) is 22.6 Å².